The number of hydrogen-bond acceptors (Lipinski definition) is 6. The second-order valence-electron chi connectivity index (χ2n) is 5.35. The molecule has 24 heavy (non-hydrogen) atoms. The molecule has 3 rings (SSSR count). The van der Waals surface area contributed by atoms with Crippen molar-refractivity contribution >= 4 is 21.3 Å². The predicted molar refractivity (Wildman–Crippen MR) is 78.4 cm³/mol. The topological polar surface area (TPSA) is 73.1 Å². The zero-order valence-electron chi connectivity index (χ0n) is 12.5. The molecule has 0 amide bonds. The van der Waals surface area contributed by atoms with Crippen molar-refractivity contribution in [2.45, 2.75) is 18.5 Å². The van der Waals surface area contributed by atoms with E-state index in [1.165, 1.54) is 4.52 Å². The summed E-state index contributed by atoms with van der Waals surface area (Å²) in [5.41, 5.74) is -4.30. The zero-order chi connectivity index (χ0) is 17.5. The number of morpholine rings is 1. The summed E-state index contributed by atoms with van der Waals surface area (Å²) < 4.78 is 69.9. The van der Waals surface area contributed by atoms with Gasteiger partial charge in [0.2, 0.25) is 0 Å². The fourth-order valence-electron chi connectivity index (χ4n) is 2.39. The van der Waals surface area contributed by atoms with Gasteiger partial charge in [-0.25, -0.2) is 4.52 Å². The van der Waals surface area contributed by atoms with Gasteiger partial charge in [-0.05, 0) is 19.1 Å². The monoisotopic (exact) mass is 365 g/mol. The van der Waals surface area contributed by atoms with Crippen LogP contribution in [0.5, 0.6) is 5.88 Å². The van der Waals surface area contributed by atoms with E-state index in [1.807, 2.05) is 11.8 Å². The lowest BCUT2D eigenvalue weighted by Gasteiger charge is -2.32. The number of nitrogens with zero attached hydrogens (tertiary/aromatic N) is 3. The van der Waals surface area contributed by atoms with E-state index in [0.717, 1.165) is 11.8 Å². The highest BCUT2D eigenvalue weighted by Crippen LogP contribution is 2.27. The summed E-state index contributed by atoms with van der Waals surface area (Å²) in [4.78, 5) is 2.04. The second-order valence-corrected chi connectivity index (χ2v) is 6.89. The Morgan fingerprint density at radius 3 is 2.79 bits per heavy atom. The van der Waals surface area contributed by atoms with E-state index in [-0.39, 0.29) is 6.10 Å². The Balaban J connectivity index is 1.87. The molecule has 0 aliphatic carbocycles. The first-order valence-corrected chi connectivity index (χ1v) is 8.43. The van der Waals surface area contributed by atoms with Gasteiger partial charge in [-0.15, -0.1) is 5.10 Å². The molecule has 0 saturated carbocycles. The van der Waals surface area contributed by atoms with Crippen LogP contribution in [0.2, 0.25) is 0 Å². The molecule has 11 heteroatoms. The van der Waals surface area contributed by atoms with E-state index >= 15 is 0 Å². The molecule has 0 aromatic carbocycles. The molecular formula is C13H14F3N3O4S. The molecule has 132 valence electrons. The van der Waals surface area contributed by atoms with Gasteiger partial charge >= 0.3 is 15.6 Å². The number of halogens is 3. The SMILES string of the molecule is C[C@H]1CN(c2ccc3cc(OS(=O)(=O)C(F)(F)F)nn3c2)CCO1. The number of aromatic nitrogens is 2. The average Bonchev–Trinajstić information content (AvgIpc) is 2.86. The highest BCUT2D eigenvalue weighted by molar-refractivity contribution is 7.87. The summed E-state index contributed by atoms with van der Waals surface area (Å²) in [6.07, 6.45) is 1.66. The first-order valence-electron chi connectivity index (χ1n) is 7.02. The highest BCUT2D eigenvalue weighted by Gasteiger charge is 2.49. The van der Waals surface area contributed by atoms with Crippen LogP contribution in [-0.4, -0.2) is 49.3 Å². The molecule has 2 aromatic heterocycles. The van der Waals surface area contributed by atoms with E-state index in [1.54, 1.807) is 18.3 Å². The van der Waals surface area contributed by atoms with Gasteiger partial charge in [0.05, 0.1) is 30.1 Å². The lowest BCUT2D eigenvalue weighted by molar-refractivity contribution is -0.0501. The normalized spacial score (nSPS) is 19.7. The number of anilines is 1. The van der Waals surface area contributed by atoms with Gasteiger partial charge in [-0.1, -0.05) is 0 Å². The third-order valence-corrected chi connectivity index (χ3v) is 4.46. The van der Waals surface area contributed by atoms with Crippen molar-refractivity contribution in [3.05, 3.63) is 24.4 Å². The lowest BCUT2D eigenvalue weighted by Crippen LogP contribution is -2.41. The van der Waals surface area contributed by atoms with Gasteiger partial charge in [-0.3, -0.25) is 0 Å². The molecule has 7 nitrogen and oxygen atoms in total. The standard InChI is InChI=1S/C13H14F3N3O4S/c1-9-7-18(4-5-22-9)11-3-2-10-6-12(17-19(10)8-11)23-24(20,21)13(14,15)16/h2-3,6,8-9H,4-5,7H2,1H3/t9-/m0/s1. The van der Waals surface area contributed by atoms with Crippen molar-refractivity contribution < 1.29 is 30.5 Å². The van der Waals surface area contributed by atoms with Crippen LogP contribution in [0, 0.1) is 0 Å². The summed E-state index contributed by atoms with van der Waals surface area (Å²) >= 11 is 0. The van der Waals surface area contributed by atoms with Crippen LogP contribution in [0.25, 0.3) is 5.52 Å². The van der Waals surface area contributed by atoms with E-state index < -0.39 is 21.5 Å². The van der Waals surface area contributed by atoms with Crippen LogP contribution in [-0.2, 0) is 14.9 Å². The molecule has 1 atom stereocenters. The Morgan fingerprint density at radius 2 is 2.12 bits per heavy atom. The third-order valence-electron chi connectivity index (χ3n) is 3.51. The highest BCUT2D eigenvalue weighted by atomic mass is 32.2. The summed E-state index contributed by atoms with van der Waals surface area (Å²) in [5.74, 6) is -0.639. The Bertz CT molecular complexity index is 850. The van der Waals surface area contributed by atoms with Crippen LogP contribution in [0.3, 0.4) is 0 Å². The molecule has 3 heterocycles. The molecule has 1 aliphatic rings. The van der Waals surface area contributed by atoms with Crippen molar-refractivity contribution in [3.8, 4) is 5.88 Å². The maximum Gasteiger partial charge on any atom is 0.534 e. The van der Waals surface area contributed by atoms with Crippen LogP contribution >= 0.6 is 0 Å². The molecular weight excluding hydrogens is 351 g/mol. The number of alkyl halides is 3. The van der Waals surface area contributed by atoms with Crippen molar-refractivity contribution in [3.63, 3.8) is 0 Å². The minimum absolute atomic E-state index is 0.0582. The van der Waals surface area contributed by atoms with Gasteiger partial charge in [0.15, 0.2) is 0 Å². The van der Waals surface area contributed by atoms with Gasteiger partial charge < -0.3 is 13.8 Å². The van der Waals surface area contributed by atoms with E-state index in [0.29, 0.717) is 25.2 Å². The number of rotatable bonds is 3. The summed E-state index contributed by atoms with van der Waals surface area (Å²) in [5, 5.41) is 3.74. The van der Waals surface area contributed by atoms with E-state index in [2.05, 4.69) is 9.28 Å². The van der Waals surface area contributed by atoms with Gasteiger partial charge in [0, 0.05) is 19.2 Å². The Morgan fingerprint density at radius 1 is 1.38 bits per heavy atom. The number of hydrogen-bond donors (Lipinski definition) is 0. The van der Waals surface area contributed by atoms with Crippen LogP contribution < -0.4 is 9.08 Å². The number of pyridine rings is 1. The van der Waals surface area contributed by atoms with Crippen LogP contribution in [0.4, 0.5) is 18.9 Å². The quantitative estimate of drug-likeness (QED) is 0.610. The minimum atomic E-state index is -5.74. The van der Waals surface area contributed by atoms with Crippen molar-refractivity contribution in [1.29, 1.82) is 0 Å². The maximum absolute atomic E-state index is 12.4. The third kappa shape index (κ3) is 3.26. The Labute approximate surface area is 135 Å². The van der Waals surface area contributed by atoms with E-state index in [4.69, 9.17) is 4.74 Å². The number of fused-ring (bicyclic) bond motifs is 1. The minimum Gasteiger partial charge on any atom is -0.375 e. The molecule has 1 fully saturated rings. The molecule has 0 radical (unpaired) electrons. The fourth-order valence-corrected chi connectivity index (χ4v) is 2.79. The largest absolute Gasteiger partial charge is 0.534 e. The fraction of sp³-hybridized carbons (Fsp3) is 0.462. The molecule has 1 saturated heterocycles. The lowest BCUT2D eigenvalue weighted by atomic mass is 10.2. The molecule has 1 aliphatic heterocycles. The molecule has 0 N–H and O–H groups in total. The molecule has 0 bridgehead atoms. The first kappa shape index (κ1) is 16.8. The first-order chi connectivity index (χ1) is 11.2. The zero-order valence-corrected chi connectivity index (χ0v) is 13.3. The predicted octanol–water partition coefficient (Wildman–Crippen LogP) is 1.79. The van der Waals surface area contributed by atoms with Crippen molar-refractivity contribution in [2.75, 3.05) is 24.6 Å². The Hall–Kier alpha value is -2.01. The molecule has 0 spiro atoms. The molecule has 0 unspecified atom stereocenters. The van der Waals surface area contributed by atoms with E-state index in [9.17, 15) is 21.6 Å². The summed E-state index contributed by atoms with van der Waals surface area (Å²) in [6, 6.07) is 4.52. The number of ether oxygens (including phenoxy) is 1. The van der Waals surface area contributed by atoms with Crippen molar-refractivity contribution in [1.82, 2.24) is 9.61 Å². The van der Waals surface area contributed by atoms with Crippen molar-refractivity contribution in [2.24, 2.45) is 0 Å². The average molecular weight is 365 g/mol. The van der Waals surface area contributed by atoms with Gasteiger partial charge in [0.25, 0.3) is 5.88 Å². The Kier molecular flexibility index (Phi) is 4.08. The smallest absolute Gasteiger partial charge is 0.375 e. The summed E-state index contributed by atoms with van der Waals surface area (Å²) in [7, 11) is -5.74. The maximum atomic E-state index is 12.4. The van der Waals surface area contributed by atoms with Crippen LogP contribution in [0.1, 0.15) is 6.92 Å². The van der Waals surface area contributed by atoms with Crippen LogP contribution in [0.15, 0.2) is 24.4 Å². The van der Waals surface area contributed by atoms with Gasteiger partial charge in [0.1, 0.15) is 0 Å². The second kappa shape index (κ2) is 5.81. The summed E-state index contributed by atoms with van der Waals surface area (Å²) in [6.45, 7) is 3.84. The van der Waals surface area contributed by atoms with Gasteiger partial charge in [-0.2, -0.15) is 21.6 Å². The molecule has 2 aromatic rings.